The van der Waals surface area contributed by atoms with E-state index in [-0.39, 0.29) is 25.2 Å². The van der Waals surface area contributed by atoms with E-state index in [1.807, 2.05) is 35.2 Å². The zero-order valence-corrected chi connectivity index (χ0v) is 21.1. The first kappa shape index (κ1) is 25.4. The number of rotatable bonds is 6. The number of anilines is 2. The molecular formula is C28H25N7O4. The van der Waals surface area contributed by atoms with Crippen molar-refractivity contribution in [2.75, 3.05) is 37.0 Å². The van der Waals surface area contributed by atoms with Gasteiger partial charge in [-0.1, -0.05) is 24.3 Å². The highest BCUT2D eigenvalue weighted by Gasteiger charge is 2.31. The monoisotopic (exact) mass is 523 g/mol. The second kappa shape index (κ2) is 11.0. The molecule has 1 atom stereocenters. The number of nitrogens with zero attached hydrogens (tertiary/aromatic N) is 6. The number of hydrogen-bond donors (Lipinski definition) is 2. The molecule has 11 heteroatoms. The summed E-state index contributed by atoms with van der Waals surface area (Å²) in [5, 5.41) is 23.5. The van der Waals surface area contributed by atoms with Gasteiger partial charge in [-0.2, -0.15) is 5.26 Å². The van der Waals surface area contributed by atoms with Crippen molar-refractivity contribution in [2.45, 2.75) is 12.5 Å². The lowest BCUT2D eigenvalue weighted by Crippen LogP contribution is -2.55. The quantitative estimate of drug-likeness (QED) is 0.382. The maximum absolute atomic E-state index is 13.6. The van der Waals surface area contributed by atoms with Crippen LogP contribution in [0.1, 0.15) is 16.9 Å². The molecule has 0 radical (unpaired) electrons. The molecule has 0 unspecified atom stereocenters. The Kier molecular flexibility index (Phi) is 7.18. The summed E-state index contributed by atoms with van der Waals surface area (Å²) in [6, 6.07) is 18.0. The Morgan fingerprint density at radius 2 is 2.00 bits per heavy atom. The first-order valence-corrected chi connectivity index (χ1v) is 12.3. The van der Waals surface area contributed by atoms with E-state index in [0.717, 1.165) is 10.8 Å². The van der Waals surface area contributed by atoms with Crippen molar-refractivity contribution in [1.29, 1.82) is 5.26 Å². The molecule has 3 heterocycles. The number of benzene rings is 2. The standard InChI is InChI=1S/C28H25N7O4/c1-39-21-13-18-5-2-3-7-22(18)23(14-21)32-27(36)24-15-25(33-26(31-24)19-6-4-10-30-16-19)34-11-12-35(28(37)38)20(17-34)8-9-29/h2-7,10,13-16,20H,8,11-12,17H2,1H3,(H,32,36)(H,37,38)/t20-/m0/s1. The van der Waals surface area contributed by atoms with E-state index < -0.39 is 18.0 Å². The number of amides is 2. The van der Waals surface area contributed by atoms with Crippen LogP contribution in [0.25, 0.3) is 22.2 Å². The third-order valence-corrected chi connectivity index (χ3v) is 6.56. The van der Waals surface area contributed by atoms with Crippen LogP contribution in [-0.4, -0.2) is 69.7 Å². The van der Waals surface area contributed by atoms with Gasteiger partial charge < -0.3 is 25.0 Å². The van der Waals surface area contributed by atoms with Gasteiger partial charge in [-0.15, -0.1) is 0 Å². The van der Waals surface area contributed by atoms with E-state index in [2.05, 4.69) is 26.3 Å². The lowest BCUT2D eigenvalue weighted by atomic mass is 10.1. The lowest BCUT2D eigenvalue weighted by molar-refractivity contribution is 0.102. The molecule has 2 aromatic carbocycles. The zero-order valence-electron chi connectivity index (χ0n) is 21.1. The summed E-state index contributed by atoms with van der Waals surface area (Å²) in [7, 11) is 1.57. The minimum absolute atomic E-state index is 0.0413. The number of hydrogen-bond acceptors (Lipinski definition) is 8. The SMILES string of the molecule is COc1cc(NC(=O)c2cc(N3CCN(C(=O)O)[C@@H](CC#N)C3)nc(-c3cccnc3)n2)c2ccccc2c1. The molecule has 196 valence electrons. The summed E-state index contributed by atoms with van der Waals surface area (Å²) >= 11 is 0. The summed E-state index contributed by atoms with van der Waals surface area (Å²) in [5.74, 6) is 0.916. The van der Waals surface area contributed by atoms with E-state index in [1.54, 1.807) is 43.8 Å². The van der Waals surface area contributed by atoms with Gasteiger partial charge in [0.1, 0.15) is 17.3 Å². The summed E-state index contributed by atoms with van der Waals surface area (Å²) in [5.41, 5.74) is 1.32. The van der Waals surface area contributed by atoms with Crippen molar-refractivity contribution in [3.63, 3.8) is 0 Å². The van der Waals surface area contributed by atoms with Crippen LogP contribution >= 0.6 is 0 Å². The maximum atomic E-state index is 13.6. The molecule has 11 nitrogen and oxygen atoms in total. The van der Waals surface area contributed by atoms with Gasteiger partial charge in [0.25, 0.3) is 5.91 Å². The van der Waals surface area contributed by atoms with Crippen LogP contribution in [0.3, 0.4) is 0 Å². The van der Waals surface area contributed by atoms with Crippen molar-refractivity contribution in [2.24, 2.45) is 0 Å². The van der Waals surface area contributed by atoms with E-state index in [1.165, 1.54) is 4.90 Å². The largest absolute Gasteiger partial charge is 0.497 e. The minimum atomic E-state index is -1.07. The lowest BCUT2D eigenvalue weighted by Gasteiger charge is -2.39. The Balaban J connectivity index is 1.53. The number of carbonyl (C=O) groups is 2. The molecule has 39 heavy (non-hydrogen) atoms. The smallest absolute Gasteiger partial charge is 0.407 e. The van der Waals surface area contributed by atoms with Crippen LogP contribution in [0.15, 0.2) is 67.0 Å². The van der Waals surface area contributed by atoms with Gasteiger partial charge in [-0.3, -0.25) is 9.78 Å². The Morgan fingerprint density at radius 1 is 1.15 bits per heavy atom. The topological polar surface area (TPSA) is 145 Å². The van der Waals surface area contributed by atoms with E-state index in [4.69, 9.17) is 4.74 Å². The fraction of sp³-hybridized carbons (Fsp3) is 0.214. The molecule has 1 fully saturated rings. The van der Waals surface area contributed by atoms with Crippen molar-refractivity contribution in [3.8, 4) is 23.2 Å². The second-order valence-electron chi connectivity index (χ2n) is 8.96. The fourth-order valence-electron chi connectivity index (χ4n) is 4.62. The van der Waals surface area contributed by atoms with Gasteiger partial charge >= 0.3 is 6.09 Å². The van der Waals surface area contributed by atoms with Gasteiger partial charge in [0.15, 0.2) is 5.82 Å². The average molecular weight is 524 g/mol. The molecule has 1 aliphatic heterocycles. The highest BCUT2D eigenvalue weighted by molar-refractivity contribution is 6.09. The molecule has 5 rings (SSSR count). The number of carbonyl (C=O) groups excluding carboxylic acids is 1. The van der Waals surface area contributed by atoms with Gasteiger partial charge in [0, 0.05) is 55.1 Å². The fourth-order valence-corrected chi connectivity index (χ4v) is 4.62. The van der Waals surface area contributed by atoms with Crippen LogP contribution < -0.4 is 15.0 Å². The molecule has 2 N–H and O–H groups in total. The van der Waals surface area contributed by atoms with Crippen LogP contribution in [0, 0.1) is 11.3 Å². The molecular weight excluding hydrogens is 498 g/mol. The highest BCUT2D eigenvalue weighted by Crippen LogP contribution is 2.30. The summed E-state index contributed by atoms with van der Waals surface area (Å²) in [6.45, 7) is 0.801. The average Bonchev–Trinajstić information content (AvgIpc) is 2.97. The van der Waals surface area contributed by atoms with E-state index in [9.17, 15) is 20.0 Å². The molecule has 0 aliphatic carbocycles. The number of fused-ring (bicyclic) bond motifs is 1. The molecule has 1 aliphatic rings. The predicted molar refractivity (Wildman–Crippen MR) is 145 cm³/mol. The summed E-state index contributed by atoms with van der Waals surface area (Å²) < 4.78 is 5.42. The number of aromatic nitrogens is 3. The number of piperazine rings is 1. The van der Waals surface area contributed by atoms with Gasteiger partial charge in [-0.05, 0) is 23.6 Å². The van der Waals surface area contributed by atoms with Crippen molar-refractivity contribution >= 4 is 34.3 Å². The Labute approximate surface area is 224 Å². The third-order valence-electron chi connectivity index (χ3n) is 6.56. The number of ether oxygens (including phenoxy) is 1. The van der Waals surface area contributed by atoms with E-state index in [0.29, 0.717) is 35.2 Å². The molecule has 0 spiro atoms. The van der Waals surface area contributed by atoms with Gasteiger partial charge in [0.05, 0.1) is 31.3 Å². The molecule has 2 aromatic heterocycles. The Morgan fingerprint density at radius 3 is 2.74 bits per heavy atom. The van der Waals surface area contributed by atoms with Crippen LogP contribution in [0.2, 0.25) is 0 Å². The van der Waals surface area contributed by atoms with Crippen LogP contribution in [0.5, 0.6) is 5.75 Å². The van der Waals surface area contributed by atoms with Crippen LogP contribution in [-0.2, 0) is 0 Å². The highest BCUT2D eigenvalue weighted by atomic mass is 16.5. The van der Waals surface area contributed by atoms with Gasteiger partial charge in [0.2, 0.25) is 0 Å². The normalized spacial score (nSPS) is 15.0. The number of nitriles is 1. The first-order chi connectivity index (χ1) is 19.0. The van der Waals surface area contributed by atoms with Gasteiger partial charge in [-0.25, -0.2) is 14.8 Å². The number of nitrogens with one attached hydrogen (secondary N) is 1. The molecule has 0 bridgehead atoms. The van der Waals surface area contributed by atoms with Crippen LogP contribution in [0.4, 0.5) is 16.3 Å². The number of pyridine rings is 1. The van der Waals surface area contributed by atoms with Crippen molar-refractivity contribution < 1.29 is 19.4 Å². The molecule has 0 saturated carbocycles. The summed E-state index contributed by atoms with van der Waals surface area (Å²) in [4.78, 5) is 41.8. The summed E-state index contributed by atoms with van der Waals surface area (Å²) in [6.07, 6.45) is 2.21. The molecule has 2 amide bonds. The zero-order chi connectivity index (χ0) is 27.4. The Bertz CT molecular complexity index is 1570. The Hall–Kier alpha value is -5.24. The maximum Gasteiger partial charge on any atom is 0.407 e. The third kappa shape index (κ3) is 5.40. The first-order valence-electron chi connectivity index (χ1n) is 12.3. The van der Waals surface area contributed by atoms with E-state index >= 15 is 0 Å². The van der Waals surface area contributed by atoms with Crippen molar-refractivity contribution in [1.82, 2.24) is 19.9 Å². The molecule has 1 saturated heterocycles. The molecule has 4 aromatic rings. The second-order valence-corrected chi connectivity index (χ2v) is 8.96. The predicted octanol–water partition coefficient (Wildman–Crippen LogP) is 4.03. The minimum Gasteiger partial charge on any atom is -0.497 e. The number of methoxy groups -OCH3 is 1. The number of carboxylic acid groups (broad SMARTS) is 1. The van der Waals surface area contributed by atoms with Crippen molar-refractivity contribution in [3.05, 3.63) is 72.7 Å².